The van der Waals surface area contributed by atoms with Crippen molar-refractivity contribution in [3.8, 4) is 0 Å². The monoisotopic (exact) mass is 360 g/mol. The van der Waals surface area contributed by atoms with Crippen LogP contribution in [0.25, 0.3) is 0 Å². The summed E-state index contributed by atoms with van der Waals surface area (Å²) in [7, 11) is -1.27. The summed E-state index contributed by atoms with van der Waals surface area (Å²) in [6.45, 7) is 14.5. The number of hydrogen-bond donors (Lipinski definition) is 0. The van der Waals surface area contributed by atoms with Gasteiger partial charge in [-0.2, -0.15) is 0 Å². The molecule has 0 saturated carbocycles. The summed E-state index contributed by atoms with van der Waals surface area (Å²) in [5.41, 5.74) is 4.71. The normalized spacial score (nSPS) is 18.1. The zero-order chi connectivity index (χ0) is 19.0. The number of benzene rings is 2. The van der Waals surface area contributed by atoms with Gasteiger partial charge in [0.15, 0.2) is 0 Å². The minimum Gasteiger partial charge on any atom is -0.0800 e. The van der Waals surface area contributed by atoms with Crippen molar-refractivity contribution in [2.24, 2.45) is 5.41 Å². The smallest absolute Gasteiger partial charge is 0.0558 e. The topological polar surface area (TPSA) is 0 Å². The molecule has 1 heteroatoms. The molecule has 0 heterocycles. The number of rotatable bonds is 4. The first-order valence-corrected chi connectivity index (χ1v) is 13.3. The van der Waals surface area contributed by atoms with Crippen molar-refractivity contribution in [1.82, 2.24) is 0 Å². The molecule has 0 bridgehead atoms. The molecule has 0 aromatic heterocycles. The van der Waals surface area contributed by atoms with Crippen LogP contribution >= 0.6 is 0 Å². The van der Waals surface area contributed by atoms with Gasteiger partial charge in [0, 0.05) is 5.41 Å². The van der Waals surface area contributed by atoms with Crippen LogP contribution in [0.5, 0.6) is 0 Å². The largest absolute Gasteiger partial charge is 0.0800 e. The summed E-state index contributed by atoms with van der Waals surface area (Å²) < 4.78 is 0. The lowest BCUT2D eigenvalue weighted by Gasteiger charge is -2.47. The van der Waals surface area contributed by atoms with Gasteiger partial charge in [0.1, 0.15) is 0 Å². The van der Waals surface area contributed by atoms with E-state index in [0.29, 0.717) is 5.54 Å². The van der Waals surface area contributed by atoms with Crippen molar-refractivity contribution in [2.45, 2.75) is 51.4 Å². The minimum absolute atomic E-state index is 0.0419. The van der Waals surface area contributed by atoms with Crippen LogP contribution in [-0.2, 0) is 5.41 Å². The molecule has 2 aromatic carbocycles. The van der Waals surface area contributed by atoms with Crippen LogP contribution < -0.4 is 0 Å². The molecule has 1 aliphatic carbocycles. The Morgan fingerprint density at radius 3 is 1.54 bits per heavy atom. The number of allylic oxidation sites excluding steroid dienone is 4. The van der Waals surface area contributed by atoms with Gasteiger partial charge in [-0.1, -0.05) is 119 Å². The fourth-order valence-electron chi connectivity index (χ4n) is 4.48. The zero-order valence-corrected chi connectivity index (χ0v) is 18.1. The molecule has 0 N–H and O–H groups in total. The molecule has 0 aliphatic heterocycles. The molecule has 0 saturated heterocycles. The highest BCUT2D eigenvalue weighted by molar-refractivity contribution is 6.78. The highest BCUT2D eigenvalue weighted by atomic mass is 28.3. The molecular weight excluding hydrogens is 328 g/mol. The van der Waals surface area contributed by atoms with E-state index in [1.807, 2.05) is 0 Å². The molecule has 0 fully saturated rings. The quantitative estimate of drug-likeness (QED) is 0.505. The van der Waals surface area contributed by atoms with Gasteiger partial charge in [-0.25, -0.2) is 0 Å². The summed E-state index contributed by atoms with van der Waals surface area (Å²) in [6.07, 6.45) is 7.43. The van der Waals surface area contributed by atoms with E-state index in [4.69, 9.17) is 0 Å². The predicted molar refractivity (Wildman–Crippen MR) is 117 cm³/mol. The lowest BCUT2D eigenvalue weighted by molar-refractivity contribution is 0.271. The first-order valence-electron chi connectivity index (χ1n) is 9.69. The molecule has 0 amide bonds. The fraction of sp³-hybridized carbons (Fsp3) is 0.360. The average molecular weight is 361 g/mol. The highest BCUT2D eigenvalue weighted by Crippen LogP contribution is 2.54. The first kappa shape index (κ1) is 18.9. The van der Waals surface area contributed by atoms with Crippen molar-refractivity contribution in [3.05, 3.63) is 95.6 Å². The van der Waals surface area contributed by atoms with Gasteiger partial charge in [0.25, 0.3) is 0 Å². The van der Waals surface area contributed by atoms with Crippen LogP contribution in [0.1, 0.15) is 31.9 Å². The van der Waals surface area contributed by atoms with Crippen LogP contribution in [0.2, 0.25) is 25.2 Å². The van der Waals surface area contributed by atoms with Crippen LogP contribution in [0, 0.1) is 5.41 Å². The molecule has 3 rings (SSSR count). The molecule has 0 nitrogen and oxygen atoms in total. The van der Waals surface area contributed by atoms with E-state index in [-0.39, 0.29) is 10.8 Å². The Morgan fingerprint density at radius 2 is 1.19 bits per heavy atom. The van der Waals surface area contributed by atoms with E-state index < -0.39 is 8.07 Å². The maximum absolute atomic E-state index is 2.57. The average Bonchev–Trinajstić information content (AvgIpc) is 3.07. The van der Waals surface area contributed by atoms with E-state index in [1.54, 1.807) is 0 Å². The zero-order valence-electron chi connectivity index (χ0n) is 17.1. The summed E-state index contributed by atoms with van der Waals surface area (Å²) in [4.78, 5) is 0. The third-order valence-electron chi connectivity index (χ3n) is 5.81. The lowest BCUT2D eigenvalue weighted by Crippen LogP contribution is -2.42. The maximum Gasteiger partial charge on any atom is 0.0558 e. The van der Waals surface area contributed by atoms with Gasteiger partial charge >= 0.3 is 0 Å². The Labute approximate surface area is 160 Å². The molecule has 0 radical (unpaired) electrons. The van der Waals surface area contributed by atoms with Crippen molar-refractivity contribution in [3.63, 3.8) is 0 Å². The molecule has 2 aromatic rings. The third-order valence-corrected chi connectivity index (χ3v) is 8.17. The molecule has 1 unspecified atom stereocenters. The van der Waals surface area contributed by atoms with Gasteiger partial charge in [-0.05, 0) is 27.7 Å². The third kappa shape index (κ3) is 3.14. The fourth-order valence-corrected chi connectivity index (χ4v) is 5.83. The van der Waals surface area contributed by atoms with E-state index in [9.17, 15) is 0 Å². The standard InChI is InChI=1S/C25H32Si/c1-24(2,3)25(20-13-9-7-10-14-20,21-15-11-8-12-16-21)22-17-18-23(19-22)26(4,5)6/h7-19,23H,1-6H3. The van der Waals surface area contributed by atoms with E-state index in [1.165, 1.54) is 16.7 Å². The van der Waals surface area contributed by atoms with Crippen LogP contribution in [0.15, 0.2) is 84.5 Å². The SMILES string of the molecule is CC(C)(C)C(C1=CC([Si](C)(C)C)C=C1)(c1ccccc1)c1ccccc1. The molecule has 1 aliphatic rings. The van der Waals surface area contributed by atoms with Crippen molar-refractivity contribution >= 4 is 8.07 Å². The second-order valence-corrected chi connectivity index (χ2v) is 15.0. The van der Waals surface area contributed by atoms with Gasteiger partial charge in [0.05, 0.1) is 8.07 Å². The molecule has 136 valence electrons. The van der Waals surface area contributed by atoms with Gasteiger partial charge in [-0.15, -0.1) is 0 Å². The van der Waals surface area contributed by atoms with Crippen molar-refractivity contribution in [2.75, 3.05) is 0 Å². The lowest BCUT2D eigenvalue weighted by atomic mass is 9.55. The van der Waals surface area contributed by atoms with E-state index in [2.05, 4.69) is 119 Å². The summed E-state index contributed by atoms with van der Waals surface area (Å²) >= 11 is 0. The minimum atomic E-state index is -1.27. The summed E-state index contributed by atoms with van der Waals surface area (Å²) in [5, 5.41) is 0. The number of hydrogen-bond acceptors (Lipinski definition) is 0. The maximum atomic E-state index is 2.57. The van der Waals surface area contributed by atoms with Gasteiger partial charge < -0.3 is 0 Å². The second-order valence-electron chi connectivity index (χ2n) is 9.60. The summed E-state index contributed by atoms with van der Waals surface area (Å²) in [5.74, 6) is 0. The highest BCUT2D eigenvalue weighted by Gasteiger charge is 2.48. The first-order chi connectivity index (χ1) is 12.2. The van der Waals surface area contributed by atoms with Gasteiger partial charge in [0.2, 0.25) is 0 Å². The Bertz CT molecular complexity index is 759. The van der Waals surface area contributed by atoms with Gasteiger partial charge in [-0.3, -0.25) is 0 Å². The Morgan fingerprint density at radius 1 is 0.731 bits per heavy atom. The molecule has 1 atom stereocenters. The predicted octanol–water partition coefficient (Wildman–Crippen LogP) is 7.22. The Hall–Kier alpha value is -1.86. The van der Waals surface area contributed by atoms with Crippen LogP contribution in [0.4, 0.5) is 0 Å². The summed E-state index contributed by atoms with van der Waals surface area (Å²) in [6, 6.07) is 22.1. The van der Waals surface area contributed by atoms with E-state index >= 15 is 0 Å². The molecule has 0 spiro atoms. The van der Waals surface area contributed by atoms with Crippen LogP contribution in [-0.4, -0.2) is 8.07 Å². The Kier molecular flexibility index (Phi) is 4.87. The second kappa shape index (κ2) is 6.70. The van der Waals surface area contributed by atoms with Crippen LogP contribution in [0.3, 0.4) is 0 Å². The molecule has 26 heavy (non-hydrogen) atoms. The van der Waals surface area contributed by atoms with E-state index in [0.717, 1.165) is 0 Å². The van der Waals surface area contributed by atoms with Crippen molar-refractivity contribution < 1.29 is 0 Å². The molecular formula is C25H32Si. The Balaban J connectivity index is 2.32. The van der Waals surface area contributed by atoms with Crippen molar-refractivity contribution in [1.29, 1.82) is 0 Å².